The lowest BCUT2D eigenvalue weighted by Gasteiger charge is -2.08. The van der Waals surface area contributed by atoms with Gasteiger partial charge in [-0.1, -0.05) is 51.4 Å². The molecule has 0 bridgehead atoms. The van der Waals surface area contributed by atoms with Gasteiger partial charge in [0.1, 0.15) is 0 Å². The van der Waals surface area contributed by atoms with E-state index in [1.807, 2.05) is 0 Å². The molecule has 0 rings (SSSR count). The summed E-state index contributed by atoms with van der Waals surface area (Å²) in [5.41, 5.74) is 0. The summed E-state index contributed by atoms with van der Waals surface area (Å²) < 4.78 is 39.2. The van der Waals surface area contributed by atoms with Gasteiger partial charge in [-0.2, -0.15) is 0 Å². The van der Waals surface area contributed by atoms with Crippen LogP contribution in [0.5, 0.6) is 0 Å². The van der Waals surface area contributed by atoms with Gasteiger partial charge in [0, 0.05) is 11.9 Å². The molecule has 0 aromatic heterocycles. The molecule has 0 radical (unpaired) electrons. The van der Waals surface area contributed by atoms with E-state index in [4.69, 9.17) is 33.2 Å². The molecule has 29 heavy (non-hydrogen) atoms. The molecule has 0 spiro atoms. The van der Waals surface area contributed by atoms with Gasteiger partial charge < -0.3 is 33.2 Å². The Labute approximate surface area is 199 Å². The van der Waals surface area contributed by atoms with Crippen LogP contribution in [-0.4, -0.2) is 102 Å². The highest BCUT2D eigenvalue weighted by atomic mass is 127. The van der Waals surface area contributed by atoms with Crippen molar-refractivity contribution in [3.8, 4) is 0 Å². The third kappa shape index (κ3) is 28.9. The summed E-state index contributed by atoms with van der Waals surface area (Å²) >= 11 is 5.72. The van der Waals surface area contributed by atoms with Crippen LogP contribution in [0.2, 0.25) is 0 Å². The summed E-state index contributed by atoms with van der Waals surface area (Å²) in [7, 11) is 0. The van der Waals surface area contributed by atoms with E-state index in [1.165, 1.54) is 23.7 Å². The summed E-state index contributed by atoms with van der Waals surface area (Å²) in [5, 5.41) is 0.851. The first-order chi connectivity index (χ1) is 14.4. The third-order valence-corrected chi connectivity index (χ3v) is 4.71. The Kier molecular flexibility index (Phi) is 29.9. The van der Waals surface area contributed by atoms with E-state index in [2.05, 4.69) is 38.5 Å². The molecule has 0 heterocycles. The smallest absolute Gasteiger partial charge is 0.0701 e. The van der Waals surface area contributed by atoms with Crippen molar-refractivity contribution >= 4 is 38.5 Å². The third-order valence-electron chi connectivity index (χ3n) is 3.63. The molecule has 0 aliphatic rings. The van der Waals surface area contributed by atoms with Crippen LogP contribution in [0.15, 0.2) is 0 Å². The summed E-state index contributed by atoms with van der Waals surface area (Å²) in [6, 6.07) is 0. The van der Waals surface area contributed by atoms with E-state index < -0.39 is 0 Å². The molecule has 0 aromatic carbocycles. The van der Waals surface area contributed by atoms with Crippen molar-refractivity contribution in [2.75, 3.05) is 102 Å². The van der Waals surface area contributed by atoms with Crippen LogP contribution in [0, 0.1) is 0 Å². The molecule has 0 unspecified atom stereocenters. The second kappa shape index (κ2) is 28.9. The number of unbranched alkanes of at least 4 members (excludes halogenated alkanes) is 3. The van der Waals surface area contributed by atoms with Crippen molar-refractivity contribution in [2.45, 2.75) is 25.7 Å². The maximum absolute atomic E-state index is 5.53. The van der Waals surface area contributed by atoms with Crippen molar-refractivity contribution < 1.29 is 33.2 Å². The highest BCUT2D eigenvalue weighted by molar-refractivity contribution is 14.1. The number of hydrogen-bond acceptors (Lipinski definition) is 7. The first-order valence-corrected chi connectivity index (χ1v) is 13.2. The number of halogens is 2. The zero-order valence-corrected chi connectivity index (χ0v) is 21.5. The zero-order valence-electron chi connectivity index (χ0n) is 17.8. The van der Waals surface area contributed by atoms with Gasteiger partial charge in [-0.15, -0.1) is 0 Å². The van der Waals surface area contributed by atoms with Crippen LogP contribution in [-0.2, 0) is 33.2 Å². The monoisotopic (exact) mass is 598 g/mol. The van der Waals surface area contributed by atoms with Crippen molar-refractivity contribution in [3.63, 3.8) is 0 Å². The number of alkyl halides is 2. The van der Waals surface area contributed by atoms with Crippen molar-refractivity contribution in [1.82, 2.24) is 0 Å². The predicted molar refractivity (Wildman–Crippen MR) is 127 cm³/mol. The molecular weight excluding hydrogens is 559 g/mol. The average molecular weight is 599 g/mol. The quantitative estimate of drug-likeness (QED) is 0.0858. The number of rotatable bonds is 26. The minimum atomic E-state index is 0.559. The second-order valence-corrected chi connectivity index (χ2v) is 7.95. The number of hydrogen-bond donors (Lipinski definition) is 0. The molecular formula is C20H40BrIO7. The van der Waals surface area contributed by atoms with E-state index in [1.54, 1.807) is 0 Å². The van der Waals surface area contributed by atoms with Gasteiger partial charge in [0.15, 0.2) is 0 Å². The Bertz CT molecular complexity index is 266. The Morgan fingerprint density at radius 3 is 1.03 bits per heavy atom. The molecule has 0 saturated carbocycles. The van der Waals surface area contributed by atoms with Crippen molar-refractivity contribution in [3.05, 3.63) is 0 Å². The van der Waals surface area contributed by atoms with Gasteiger partial charge in [-0.3, -0.25) is 0 Å². The molecule has 176 valence electrons. The summed E-state index contributed by atoms with van der Waals surface area (Å²) in [6.45, 7) is 8.59. The maximum atomic E-state index is 5.53. The fourth-order valence-corrected chi connectivity index (χ4v) is 2.90. The Balaban J connectivity index is 2.97. The molecule has 0 aromatic rings. The molecule has 0 amide bonds. The normalized spacial score (nSPS) is 11.4. The minimum absolute atomic E-state index is 0.559. The molecule has 7 nitrogen and oxygen atoms in total. The van der Waals surface area contributed by atoms with Gasteiger partial charge in [0.2, 0.25) is 0 Å². The molecule has 0 aliphatic heterocycles. The minimum Gasteiger partial charge on any atom is -0.379 e. The maximum Gasteiger partial charge on any atom is 0.0701 e. The first kappa shape index (κ1) is 29.9. The Hall–Kier alpha value is 0.930. The Morgan fingerprint density at radius 1 is 0.379 bits per heavy atom. The van der Waals surface area contributed by atoms with E-state index in [0.717, 1.165) is 18.4 Å². The predicted octanol–water partition coefficient (Wildman–Crippen LogP) is 3.49. The van der Waals surface area contributed by atoms with Gasteiger partial charge in [-0.25, -0.2) is 0 Å². The lowest BCUT2D eigenvalue weighted by molar-refractivity contribution is -0.0201. The van der Waals surface area contributed by atoms with Gasteiger partial charge >= 0.3 is 0 Å². The molecule has 9 heteroatoms. The first-order valence-electron chi connectivity index (χ1n) is 10.6. The van der Waals surface area contributed by atoms with Crippen LogP contribution in [0.4, 0.5) is 0 Å². The van der Waals surface area contributed by atoms with Crippen LogP contribution in [0.3, 0.4) is 0 Å². The standard InChI is InChI=1S/C20H40BrIO7/c21-5-8-24-10-12-26-14-16-28-18-20-29-19-17-27-15-13-25-11-9-23-7-4-2-1-3-6-22/h1-20H2. The summed E-state index contributed by atoms with van der Waals surface area (Å²) in [5.74, 6) is 0. The van der Waals surface area contributed by atoms with E-state index in [0.29, 0.717) is 85.9 Å². The van der Waals surface area contributed by atoms with E-state index in [-0.39, 0.29) is 0 Å². The molecule has 0 atom stereocenters. The summed E-state index contributed by atoms with van der Waals surface area (Å²) in [6.07, 6.45) is 5.02. The van der Waals surface area contributed by atoms with Crippen molar-refractivity contribution in [2.24, 2.45) is 0 Å². The fraction of sp³-hybridized carbons (Fsp3) is 1.00. The summed E-state index contributed by atoms with van der Waals surface area (Å²) in [4.78, 5) is 0. The topological polar surface area (TPSA) is 64.6 Å². The fourth-order valence-electron chi connectivity index (χ4n) is 2.13. The lowest BCUT2D eigenvalue weighted by atomic mass is 10.2. The molecule has 0 saturated heterocycles. The average Bonchev–Trinajstić information content (AvgIpc) is 2.74. The van der Waals surface area contributed by atoms with Crippen molar-refractivity contribution in [1.29, 1.82) is 0 Å². The van der Waals surface area contributed by atoms with Gasteiger partial charge in [0.05, 0.1) is 85.9 Å². The van der Waals surface area contributed by atoms with E-state index >= 15 is 0 Å². The Morgan fingerprint density at radius 2 is 0.690 bits per heavy atom. The lowest BCUT2D eigenvalue weighted by Crippen LogP contribution is -2.14. The molecule has 0 aliphatic carbocycles. The second-order valence-electron chi connectivity index (χ2n) is 6.08. The van der Waals surface area contributed by atoms with Crippen LogP contribution < -0.4 is 0 Å². The SMILES string of the molecule is BrCCOCCOCCOCCOCCOCCOCCOCCCCCCI. The molecule has 0 N–H and O–H groups in total. The van der Waals surface area contributed by atoms with Gasteiger partial charge in [-0.05, 0) is 17.3 Å². The highest BCUT2D eigenvalue weighted by Crippen LogP contribution is 2.02. The van der Waals surface area contributed by atoms with E-state index in [9.17, 15) is 0 Å². The van der Waals surface area contributed by atoms with Gasteiger partial charge in [0.25, 0.3) is 0 Å². The zero-order chi connectivity index (χ0) is 21.1. The highest BCUT2D eigenvalue weighted by Gasteiger charge is 1.95. The van der Waals surface area contributed by atoms with Crippen LogP contribution in [0.1, 0.15) is 25.7 Å². The molecule has 0 fully saturated rings. The largest absolute Gasteiger partial charge is 0.379 e. The van der Waals surface area contributed by atoms with Crippen LogP contribution >= 0.6 is 38.5 Å². The number of ether oxygens (including phenoxy) is 7. The van der Waals surface area contributed by atoms with Crippen LogP contribution in [0.25, 0.3) is 0 Å².